The fraction of sp³-hybridized carbons (Fsp3) is 0. The molecular weight excluding hydrogens is 474 g/mol. The Morgan fingerprint density at radius 3 is 2.64 bits per heavy atom. The van der Waals surface area contributed by atoms with Crippen LogP contribution in [-0.4, -0.2) is 19.5 Å². The summed E-state index contributed by atoms with van der Waals surface area (Å²) in [5, 5.41) is 0. The second-order valence-electron chi connectivity index (χ2n) is 2.39. The van der Waals surface area contributed by atoms with Crippen LogP contribution in [0.4, 0.5) is 0 Å². The van der Waals surface area contributed by atoms with Crippen LogP contribution >= 0.6 is 61.1 Å². The average Bonchev–Trinajstić information content (AvgIpc) is 2.49. The smallest absolute Gasteiger partial charge is 0.156 e. The lowest BCUT2D eigenvalue weighted by molar-refractivity contribution is 0.940. The van der Waals surface area contributed by atoms with Gasteiger partial charge in [-0.2, -0.15) is 0 Å². The maximum absolute atomic E-state index is 4.19. The molecule has 2 heterocycles. The SMILES string of the molecule is Brc1cncnc1-n1cnc(I)c1I. The number of hydrogen-bond donors (Lipinski definition) is 0. The molecule has 0 spiro atoms. The zero-order valence-corrected chi connectivity index (χ0v) is 12.6. The van der Waals surface area contributed by atoms with E-state index >= 15 is 0 Å². The summed E-state index contributed by atoms with van der Waals surface area (Å²) in [6, 6.07) is 0. The van der Waals surface area contributed by atoms with Gasteiger partial charge >= 0.3 is 0 Å². The van der Waals surface area contributed by atoms with E-state index in [4.69, 9.17) is 0 Å². The molecule has 0 aliphatic carbocycles. The molecule has 4 nitrogen and oxygen atoms in total. The van der Waals surface area contributed by atoms with Crippen molar-refractivity contribution in [2.24, 2.45) is 0 Å². The van der Waals surface area contributed by atoms with Crippen LogP contribution in [0.1, 0.15) is 0 Å². The Morgan fingerprint density at radius 1 is 1.29 bits per heavy atom. The van der Waals surface area contributed by atoms with Crippen LogP contribution in [0, 0.1) is 7.40 Å². The lowest BCUT2D eigenvalue weighted by Crippen LogP contribution is -2.00. The summed E-state index contributed by atoms with van der Waals surface area (Å²) in [7, 11) is 0. The highest BCUT2D eigenvalue weighted by atomic mass is 127. The van der Waals surface area contributed by atoms with Gasteiger partial charge in [0.2, 0.25) is 0 Å². The van der Waals surface area contributed by atoms with Gasteiger partial charge in [0.15, 0.2) is 5.82 Å². The van der Waals surface area contributed by atoms with Gasteiger partial charge in [-0.05, 0) is 61.1 Å². The van der Waals surface area contributed by atoms with Crippen LogP contribution in [0.15, 0.2) is 23.3 Å². The highest BCUT2D eigenvalue weighted by molar-refractivity contribution is 14.1. The molecule has 72 valence electrons. The van der Waals surface area contributed by atoms with Crippen LogP contribution in [-0.2, 0) is 0 Å². The molecule has 0 amide bonds. The van der Waals surface area contributed by atoms with Gasteiger partial charge in [0.05, 0.1) is 4.47 Å². The van der Waals surface area contributed by atoms with Crippen molar-refractivity contribution in [3.8, 4) is 5.82 Å². The minimum atomic E-state index is 0.805. The van der Waals surface area contributed by atoms with Gasteiger partial charge in [0.25, 0.3) is 0 Å². The standard InChI is InChI=1S/C7H3BrI2N4/c8-4-1-11-2-12-7(4)14-3-13-5(9)6(14)10/h1-3H. The summed E-state index contributed by atoms with van der Waals surface area (Å²) >= 11 is 7.81. The molecule has 0 aromatic carbocycles. The molecule has 2 aromatic rings. The van der Waals surface area contributed by atoms with Gasteiger partial charge in [0, 0.05) is 6.20 Å². The predicted octanol–water partition coefficient (Wildman–Crippen LogP) is 2.63. The van der Waals surface area contributed by atoms with E-state index in [1.807, 2.05) is 4.57 Å². The Kier molecular flexibility index (Phi) is 3.37. The maximum Gasteiger partial charge on any atom is 0.156 e. The number of halogens is 3. The Bertz CT molecular complexity index is 470. The minimum Gasteiger partial charge on any atom is -0.276 e. The Hall–Kier alpha value is 0.230. The summed E-state index contributed by atoms with van der Waals surface area (Å²) in [5.74, 6) is 0.805. The van der Waals surface area contributed by atoms with Gasteiger partial charge < -0.3 is 0 Å². The molecule has 0 unspecified atom stereocenters. The van der Waals surface area contributed by atoms with Crippen molar-refractivity contribution >= 4 is 61.1 Å². The van der Waals surface area contributed by atoms with Crippen molar-refractivity contribution in [2.45, 2.75) is 0 Å². The lowest BCUT2D eigenvalue weighted by Gasteiger charge is -2.03. The number of rotatable bonds is 1. The normalized spacial score (nSPS) is 10.5. The first-order chi connectivity index (χ1) is 6.70. The summed E-state index contributed by atoms with van der Waals surface area (Å²) < 4.78 is 4.77. The second kappa shape index (κ2) is 4.39. The van der Waals surface area contributed by atoms with E-state index in [1.54, 1.807) is 12.5 Å². The van der Waals surface area contributed by atoms with Crippen molar-refractivity contribution < 1.29 is 0 Å². The highest BCUT2D eigenvalue weighted by Crippen LogP contribution is 2.21. The third-order valence-electron chi connectivity index (χ3n) is 1.54. The zero-order chi connectivity index (χ0) is 10.1. The molecule has 14 heavy (non-hydrogen) atoms. The average molecular weight is 477 g/mol. The fourth-order valence-electron chi connectivity index (χ4n) is 0.943. The zero-order valence-electron chi connectivity index (χ0n) is 6.65. The quantitative estimate of drug-likeness (QED) is 0.594. The second-order valence-corrected chi connectivity index (χ2v) is 5.29. The fourth-order valence-corrected chi connectivity index (χ4v) is 2.23. The van der Waals surface area contributed by atoms with Crippen LogP contribution in [0.5, 0.6) is 0 Å². The molecule has 0 saturated heterocycles. The van der Waals surface area contributed by atoms with Crippen LogP contribution in [0.3, 0.4) is 0 Å². The Balaban J connectivity index is 2.60. The molecule has 2 aromatic heterocycles. The third-order valence-corrected chi connectivity index (χ3v) is 4.96. The Morgan fingerprint density at radius 2 is 2.07 bits per heavy atom. The number of nitrogens with zero attached hydrogens (tertiary/aromatic N) is 4. The van der Waals surface area contributed by atoms with Gasteiger partial charge in [-0.25, -0.2) is 15.0 Å². The van der Waals surface area contributed by atoms with Gasteiger partial charge in [-0.1, -0.05) is 0 Å². The number of aromatic nitrogens is 4. The van der Waals surface area contributed by atoms with Gasteiger partial charge in [-0.15, -0.1) is 0 Å². The van der Waals surface area contributed by atoms with E-state index < -0.39 is 0 Å². The lowest BCUT2D eigenvalue weighted by atomic mass is 10.6. The van der Waals surface area contributed by atoms with E-state index in [1.165, 1.54) is 6.33 Å². The van der Waals surface area contributed by atoms with E-state index in [0.717, 1.165) is 17.7 Å². The van der Waals surface area contributed by atoms with E-state index in [0.29, 0.717) is 0 Å². The van der Waals surface area contributed by atoms with Crippen molar-refractivity contribution in [2.75, 3.05) is 0 Å². The molecule has 0 N–H and O–H groups in total. The largest absolute Gasteiger partial charge is 0.276 e. The maximum atomic E-state index is 4.19. The predicted molar refractivity (Wildman–Crippen MR) is 72.3 cm³/mol. The van der Waals surface area contributed by atoms with E-state index in [-0.39, 0.29) is 0 Å². The minimum absolute atomic E-state index is 0.805. The number of hydrogen-bond acceptors (Lipinski definition) is 3. The topological polar surface area (TPSA) is 43.6 Å². The summed E-state index contributed by atoms with van der Waals surface area (Å²) in [6.45, 7) is 0. The molecule has 2 rings (SSSR count). The number of imidazole rings is 1. The molecule has 0 fully saturated rings. The first-order valence-corrected chi connectivity index (χ1v) is 6.49. The van der Waals surface area contributed by atoms with Crippen LogP contribution in [0.25, 0.3) is 5.82 Å². The highest BCUT2D eigenvalue weighted by Gasteiger charge is 2.10. The van der Waals surface area contributed by atoms with Crippen molar-refractivity contribution in [3.05, 3.63) is 30.7 Å². The van der Waals surface area contributed by atoms with Crippen molar-refractivity contribution in [1.82, 2.24) is 19.5 Å². The molecule has 7 heteroatoms. The molecule has 0 radical (unpaired) electrons. The van der Waals surface area contributed by atoms with Gasteiger partial charge in [-0.3, -0.25) is 4.57 Å². The first-order valence-electron chi connectivity index (χ1n) is 3.54. The molecule has 0 atom stereocenters. The van der Waals surface area contributed by atoms with Crippen molar-refractivity contribution in [1.29, 1.82) is 0 Å². The van der Waals surface area contributed by atoms with E-state index in [9.17, 15) is 0 Å². The van der Waals surface area contributed by atoms with Gasteiger partial charge in [0.1, 0.15) is 20.1 Å². The molecule has 0 aliphatic rings. The molecule has 0 aliphatic heterocycles. The summed E-state index contributed by atoms with van der Waals surface area (Å²) in [6.07, 6.45) is 4.98. The summed E-state index contributed by atoms with van der Waals surface area (Å²) in [4.78, 5) is 12.3. The van der Waals surface area contributed by atoms with Crippen molar-refractivity contribution in [3.63, 3.8) is 0 Å². The summed E-state index contributed by atoms with van der Waals surface area (Å²) in [5.41, 5.74) is 0. The molecule has 0 saturated carbocycles. The Labute approximate surface area is 116 Å². The molecule has 0 bridgehead atoms. The third kappa shape index (κ3) is 1.94. The van der Waals surface area contributed by atoms with Crippen LogP contribution in [0.2, 0.25) is 0 Å². The monoisotopic (exact) mass is 476 g/mol. The molecular formula is C7H3BrI2N4. The van der Waals surface area contributed by atoms with Crippen LogP contribution < -0.4 is 0 Å². The van der Waals surface area contributed by atoms with E-state index in [2.05, 4.69) is 76.1 Å². The first kappa shape index (κ1) is 10.7.